The van der Waals surface area contributed by atoms with Gasteiger partial charge in [-0.1, -0.05) is 33.1 Å². The Hall–Kier alpha value is -0.450. The molecule has 108 valence electrons. The standard InChI is InChI=1S/C15H26N2OS/c1-11(2)16-9-13-10-19-15(17-13)14(18-3)12-7-5-4-6-8-12/h10-12,14,16H,4-9H2,1-3H3. The molecule has 0 amide bonds. The molecular weight excluding hydrogens is 256 g/mol. The highest BCUT2D eigenvalue weighted by Gasteiger charge is 2.27. The predicted octanol–water partition coefficient (Wildman–Crippen LogP) is 3.91. The Labute approximate surface area is 120 Å². The van der Waals surface area contributed by atoms with Gasteiger partial charge in [0.25, 0.3) is 0 Å². The average molecular weight is 282 g/mol. The molecule has 1 fully saturated rings. The summed E-state index contributed by atoms with van der Waals surface area (Å²) in [5.41, 5.74) is 1.14. The summed E-state index contributed by atoms with van der Waals surface area (Å²) in [7, 11) is 1.83. The lowest BCUT2D eigenvalue weighted by Crippen LogP contribution is -2.22. The minimum absolute atomic E-state index is 0.207. The fraction of sp³-hybridized carbons (Fsp3) is 0.800. The molecule has 2 rings (SSSR count). The number of ether oxygens (including phenoxy) is 1. The molecule has 0 saturated heterocycles. The minimum atomic E-state index is 0.207. The van der Waals surface area contributed by atoms with Crippen molar-refractivity contribution in [1.29, 1.82) is 0 Å². The second-order valence-corrected chi connectivity index (χ2v) is 6.66. The van der Waals surface area contributed by atoms with E-state index >= 15 is 0 Å². The molecule has 1 aliphatic rings. The van der Waals surface area contributed by atoms with Crippen molar-refractivity contribution in [2.45, 2.75) is 64.6 Å². The second-order valence-electron chi connectivity index (χ2n) is 5.77. The highest BCUT2D eigenvalue weighted by molar-refractivity contribution is 7.09. The van der Waals surface area contributed by atoms with Gasteiger partial charge in [0.1, 0.15) is 11.1 Å². The molecule has 1 aliphatic carbocycles. The molecule has 1 heterocycles. The summed E-state index contributed by atoms with van der Waals surface area (Å²) in [5.74, 6) is 0.663. The van der Waals surface area contributed by atoms with Crippen LogP contribution in [0.1, 0.15) is 62.8 Å². The summed E-state index contributed by atoms with van der Waals surface area (Å²) in [6, 6.07) is 0.502. The van der Waals surface area contributed by atoms with E-state index in [9.17, 15) is 0 Å². The third-order valence-electron chi connectivity index (χ3n) is 3.84. The number of nitrogens with one attached hydrogen (secondary N) is 1. The lowest BCUT2D eigenvalue weighted by molar-refractivity contribution is 0.0351. The van der Waals surface area contributed by atoms with Crippen LogP contribution >= 0.6 is 11.3 Å². The SMILES string of the molecule is COC(c1nc(CNC(C)C)cs1)C1CCCCC1. The zero-order valence-corrected chi connectivity index (χ0v) is 13.1. The van der Waals surface area contributed by atoms with Gasteiger partial charge >= 0.3 is 0 Å². The van der Waals surface area contributed by atoms with Crippen molar-refractivity contribution in [3.63, 3.8) is 0 Å². The van der Waals surface area contributed by atoms with Crippen LogP contribution in [0.25, 0.3) is 0 Å². The van der Waals surface area contributed by atoms with Crippen LogP contribution in [-0.2, 0) is 11.3 Å². The molecule has 1 aromatic rings. The van der Waals surface area contributed by atoms with Crippen LogP contribution in [0.15, 0.2) is 5.38 Å². The van der Waals surface area contributed by atoms with Crippen molar-refractivity contribution in [3.8, 4) is 0 Å². The van der Waals surface area contributed by atoms with E-state index < -0.39 is 0 Å². The minimum Gasteiger partial charge on any atom is -0.374 e. The van der Waals surface area contributed by atoms with Gasteiger partial charge in [-0.3, -0.25) is 0 Å². The van der Waals surface area contributed by atoms with E-state index in [0.717, 1.165) is 17.2 Å². The Morgan fingerprint density at radius 3 is 2.74 bits per heavy atom. The number of hydrogen-bond donors (Lipinski definition) is 1. The van der Waals surface area contributed by atoms with Crippen molar-refractivity contribution >= 4 is 11.3 Å². The monoisotopic (exact) mass is 282 g/mol. The lowest BCUT2D eigenvalue weighted by atomic mass is 9.85. The van der Waals surface area contributed by atoms with E-state index in [0.29, 0.717) is 12.0 Å². The van der Waals surface area contributed by atoms with E-state index in [2.05, 4.69) is 24.5 Å². The molecule has 19 heavy (non-hydrogen) atoms. The van der Waals surface area contributed by atoms with Crippen molar-refractivity contribution in [1.82, 2.24) is 10.3 Å². The molecule has 1 aromatic heterocycles. The largest absolute Gasteiger partial charge is 0.374 e. The van der Waals surface area contributed by atoms with E-state index in [-0.39, 0.29) is 6.10 Å². The summed E-state index contributed by atoms with van der Waals surface area (Å²) in [5, 5.41) is 6.74. The summed E-state index contributed by atoms with van der Waals surface area (Å²) in [6.45, 7) is 5.18. The third-order valence-corrected chi connectivity index (χ3v) is 4.79. The lowest BCUT2D eigenvalue weighted by Gasteiger charge is -2.27. The fourth-order valence-electron chi connectivity index (χ4n) is 2.78. The molecule has 1 N–H and O–H groups in total. The van der Waals surface area contributed by atoms with Crippen molar-refractivity contribution in [3.05, 3.63) is 16.1 Å². The summed E-state index contributed by atoms with van der Waals surface area (Å²) in [4.78, 5) is 4.76. The molecule has 0 spiro atoms. The predicted molar refractivity (Wildman–Crippen MR) is 80.4 cm³/mol. The van der Waals surface area contributed by atoms with Gasteiger partial charge in [-0.15, -0.1) is 11.3 Å². The van der Waals surface area contributed by atoms with Crippen LogP contribution in [0, 0.1) is 5.92 Å². The second kappa shape index (κ2) is 7.36. The quantitative estimate of drug-likeness (QED) is 0.859. The zero-order chi connectivity index (χ0) is 13.7. The van der Waals surface area contributed by atoms with Gasteiger partial charge in [-0.25, -0.2) is 4.98 Å². The van der Waals surface area contributed by atoms with Crippen molar-refractivity contribution in [2.75, 3.05) is 7.11 Å². The third kappa shape index (κ3) is 4.26. The molecule has 1 atom stereocenters. The van der Waals surface area contributed by atoms with Crippen LogP contribution in [0.2, 0.25) is 0 Å². The maximum absolute atomic E-state index is 5.74. The van der Waals surface area contributed by atoms with E-state index in [1.54, 1.807) is 11.3 Å². The molecular formula is C15H26N2OS. The first-order chi connectivity index (χ1) is 9.20. The smallest absolute Gasteiger partial charge is 0.122 e. The molecule has 1 unspecified atom stereocenters. The van der Waals surface area contributed by atoms with Crippen LogP contribution < -0.4 is 5.32 Å². The Kier molecular flexibility index (Phi) is 5.79. The Bertz CT molecular complexity index is 372. The van der Waals surface area contributed by atoms with Gasteiger partial charge in [-0.2, -0.15) is 0 Å². The van der Waals surface area contributed by atoms with Gasteiger partial charge in [0, 0.05) is 25.1 Å². The van der Waals surface area contributed by atoms with Crippen molar-refractivity contribution in [2.24, 2.45) is 5.92 Å². The Morgan fingerprint density at radius 2 is 2.11 bits per heavy atom. The van der Waals surface area contributed by atoms with Crippen LogP contribution in [-0.4, -0.2) is 18.1 Å². The fourth-order valence-corrected chi connectivity index (χ4v) is 3.76. The first-order valence-corrected chi connectivity index (χ1v) is 8.29. The topological polar surface area (TPSA) is 34.1 Å². The molecule has 0 radical (unpaired) electrons. The Morgan fingerprint density at radius 1 is 1.37 bits per heavy atom. The van der Waals surface area contributed by atoms with Gasteiger partial charge in [0.05, 0.1) is 5.69 Å². The first kappa shape index (κ1) is 14.9. The Balaban J connectivity index is 1.98. The first-order valence-electron chi connectivity index (χ1n) is 7.41. The molecule has 0 aromatic carbocycles. The number of nitrogens with zero attached hydrogens (tertiary/aromatic N) is 1. The van der Waals surface area contributed by atoms with Crippen LogP contribution in [0.3, 0.4) is 0 Å². The number of methoxy groups -OCH3 is 1. The summed E-state index contributed by atoms with van der Waals surface area (Å²) in [6.07, 6.45) is 6.86. The molecule has 3 nitrogen and oxygen atoms in total. The van der Waals surface area contributed by atoms with Crippen molar-refractivity contribution < 1.29 is 4.74 Å². The molecule has 1 saturated carbocycles. The van der Waals surface area contributed by atoms with Crippen LogP contribution in [0.4, 0.5) is 0 Å². The molecule has 4 heteroatoms. The summed E-state index contributed by atoms with van der Waals surface area (Å²) < 4.78 is 5.74. The van der Waals surface area contributed by atoms with E-state index in [1.807, 2.05) is 7.11 Å². The van der Waals surface area contributed by atoms with Crippen LogP contribution in [0.5, 0.6) is 0 Å². The average Bonchev–Trinajstić information content (AvgIpc) is 2.87. The van der Waals surface area contributed by atoms with Gasteiger partial charge in [-0.05, 0) is 18.8 Å². The van der Waals surface area contributed by atoms with Gasteiger partial charge in [0.2, 0.25) is 0 Å². The number of thiazole rings is 1. The maximum Gasteiger partial charge on any atom is 0.122 e. The van der Waals surface area contributed by atoms with Gasteiger partial charge < -0.3 is 10.1 Å². The molecule has 0 bridgehead atoms. The normalized spacial score (nSPS) is 18.9. The zero-order valence-electron chi connectivity index (χ0n) is 12.3. The maximum atomic E-state index is 5.74. The number of aromatic nitrogens is 1. The highest BCUT2D eigenvalue weighted by atomic mass is 32.1. The van der Waals surface area contributed by atoms with E-state index in [4.69, 9.17) is 9.72 Å². The van der Waals surface area contributed by atoms with Gasteiger partial charge in [0.15, 0.2) is 0 Å². The number of hydrogen-bond acceptors (Lipinski definition) is 4. The molecule has 0 aliphatic heterocycles. The van der Waals surface area contributed by atoms with E-state index in [1.165, 1.54) is 32.1 Å². The highest BCUT2D eigenvalue weighted by Crippen LogP contribution is 2.37. The summed E-state index contributed by atoms with van der Waals surface area (Å²) >= 11 is 1.75. The number of rotatable bonds is 6.